The molecule has 2 aromatic carbocycles. The van der Waals surface area contributed by atoms with Crippen molar-refractivity contribution in [3.63, 3.8) is 0 Å². The summed E-state index contributed by atoms with van der Waals surface area (Å²) in [6.07, 6.45) is 1.37. The number of halogens is 1. The van der Waals surface area contributed by atoms with Gasteiger partial charge in [-0.15, -0.1) is 0 Å². The Balaban J connectivity index is 2.22. The van der Waals surface area contributed by atoms with Crippen LogP contribution in [0.5, 0.6) is 5.75 Å². The zero-order valence-corrected chi connectivity index (χ0v) is 15.4. The van der Waals surface area contributed by atoms with Crippen LogP contribution in [0.1, 0.15) is 37.0 Å². The van der Waals surface area contributed by atoms with Gasteiger partial charge in [-0.1, -0.05) is 53.5 Å². The molecule has 1 amide bonds. The molecule has 0 saturated heterocycles. The number of anilines is 1. The molecule has 3 nitrogen and oxygen atoms in total. The Morgan fingerprint density at radius 3 is 2.70 bits per heavy atom. The van der Waals surface area contributed by atoms with Crippen molar-refractivity contribution < 1.29 is 9.53 Å². The summed E-state index contributed by atoms with van der Waals surface area (Å²) in [6, 6.07) is 12.0. The van der Waals surface area contributed by atoms with Gasteiger partial charge in [0.15, 0.2) is 0 Å². The summed E-state index contributed by atoms with van der Waals surface area (Å²) in [7, 11) is 0. The van der Waals surface area contributed by atoms with Crippen molar-refractivity contribution >= 4 is 27.5 Å². The van der Waals surface area contributed by atoms with E-state index in [-0.39, 0.29) is 5.91 Å². The topological polar surface area (TPSA) is 38.3 Å². The molecular formula is C19H22BrNO2. The SMILES string of the molecule is CCC(=O)Nc1cccc(Br)c1COc1ccc(C)cc1CC. The Morgan fingerprint density at radius 1 is 1.22 bits per heavy atom. The second-order valence-corrected chi connectivity index (χ2v) is 6.28. The minimum atomic E-state index is -0.00562. The Morgan fingerprint density at radius 2 is 2.00 bits per heavy atom. The van der Waals surface area contributed by atoms with Gasteiger partial charge in [-0.3, -0.25) is 4.79 Å². The summed E-state index contributed by atoms with van der Waals surface area (Å²) in [5.41, 5.74) is 4.15. The smallest absolute Gasteiger partial charge is 0.224 e. The van der Waals surface area contributed by atoms with Crippen LogP contribution < -0.4 is 10.1 Å². The summed E-state index contributed by atoms with van der Waals surface area (Å²) in [6.45, 7) is 6.43. The average Bonchev–Trinajstić information content (AvgIpc) is 2.55. The molecule has 0 unspecified atom stereocenters. The lowest BCUT2D eigenvalue weighted by Crippen LogP contribution is -2.12. The molecule has 0 spiro atoms. The molecule has 0 atom stereocenters. The summed E-state index contributed by atoms with van der Waals surface area (Å²) in [4.78, 5) is 11.7. The van der Waals surface area contributed by atoms with E-state index < -0.39 is 0 Å². The second-order valence-electron chi connectivity index (χ2n) is 5.42. The molecule has 23 heavy (non-hydrogen) atoms. The van der Waals surface area contributed by atoms with Gasteiger partial charge in [0.25, 0.3) is 0 Å². The number of aryl methyl sites for hydroxylation is 2. The van der Waals surface area contributed by atoms with Crippen molar-refractivity contribution in [1.82, 2.24) is 0 Å². The van der Waals surface area contributed by atoms with E-state index in [4.69, 9.17) is 4.74 Å². The average molecular weight is 376 g/mol. The third kappa shape index (κ3) is 4.58. The number of hydrogen-bond donors (Lipinski definition) is 1. The first-order valence-electron chi connectivity index (χ1n) is 7.84. The molecule has 0 aliphatic rings. The predicted octanol–water partition coefficient (Wildman–Crippen LogP) is 5.25. The highest BCUT2D eigenvalue weighted by atomic mass is 79.9. The number of benzene rings is 2. The van der Waals surface area contributed by atoms with Crippen molar-refractivity contribution in [2.45, 2.75) is 40.2 Å². The lowest BCUT2D eigenvalue weighted by Gasteiger charge is -2.15. The van der Waals surface area contributed by atoms with Crippen LogP contribution >= 0.6 is 15.9 Å². The van der Waals surface area contributed by atoms with Gasteiger partial charge in [0.1, 0.15) is 12.4 Å². The zero-order valence-electron chi connectivity index (χ0n) is 13.8. The van der Waals surface area contributed by atoms with Gasteiger partial charge in [-0.05, 0) is 37.1 Å². The van der Waals surface area contributed by atoms with E-state index in [2.05, 4.69) is 41.2 Å². The molecule has 0 heterocycles. The van der Waals surface area contributed by atoms with Crippen LogP contribution in [0.4, 0.5) is 5.69 Å². The fraction of sp³-hybridized carbons (Fsp3) is 0.316. The number of ether oxygens (including phenoxy) is 1. The minimum Gasteiger partial charge on any atom is -0.489 e. The largest absolute Gasteiger partial charge is 0.489 e. The third-order valence-corrected chi connectivity index (χ3v) is 4.43. The summed E-state index contributed by atoms with van der Waals surface area (Å²) in [5.74, 6) is 0.885. The van der Waals surface area contributed by atoms with Crippen molar-refractivity contribution in [2.75, 3.05) is 5.32 Å². The fourth-order valence-corrected chi connectivity index (χ4v) is 2.82. The van der Waals surface area contributed by atoms with E-state index in [1.807, 2.05) is 37.3 Å². The van der Waals surface area contributed by atoms with Crippen LogP contribution in [0, 0.1) is 6.92 Å². The van der Waals surface area contributed by atoms with E-state index >= 15 is 0 Å². The second kappa shape index (κ2) is 8.16. The van der Waals surface area contributed by atoms with Gasteiger partial charge >= 0.3 is 0 Å². The highest BCUT2D eigenvalue weighted by Gasteiger charge is 2.11. The number of amides is 1. The van der Waals surface area contributed by atoms with Crippen molar-refractivity contribution in [1.29, 1.82) is 0 Å². The number of hydrogen-bond acceptors (Lipinski definition) is 2. The van der Waals surface area contributed by atoms with Crippen LogP contribution in [-0.4, -0.2) is 5.91 Å². The third-order valence-electron chi connectivity index (χ3n) is 3.68. The van der Waals surface area contributed by atoms with Crippen molar-refractivity contribution in [3.8, 4) is 5.75 Å². The molecule has 0 radical (unpaired) electrons. The molecule has 0 saturated carbocycles. The molecule has 0 fully saturated rings. The number of carbonyl (C=O) groups is 1. The van der Waals surface area contributed by atoms with Crippen LogP contribution in [0.2, 0.25) is 0 Å². The number of carbonyl (C=O) groups excluding carboxylic acids is 1. The van der Waals surface area contributed by atoms with Crippen LogP contribution in [0.15, 0.2) is 40.9 Å². The Hall–Kier alpha value is -1.81. The first kappa shape index (κ1) is 17.5. The Labute approximate surface area is 146 Å². The van der Waals surface area contributed by atoms with Gasteiger partial charge < -0.3 is 10.1 Å². The Kier molecular flexibility index (Phi) is 6.22. The highest BCUT2D eigenvalue weighted by Crippen LogP contribution is 2.28. The fourth-order valence-electron chi connectivity index (χ4n) is 2.34. The van der Waals surface area contributed by atoms with Gasteiger partial charge in [0, 0.05) is 22.1 Å². The monoisotopic (exact) mass is 375 g/mol. The first-order chi connectivity index (χ1) is 11.0. The van der Waals surface area contributed by atoms with Crippen LogP contribution in [0.25, 0.3) is 0 Å². The normalized spacial score (nSPS) is 10.4. The maximum absolute atomic E-state index is 11.7. The summed E-state index contributed by atoms with van der Waals surface area (Å²) < 4.78 is 6.95. The van der Waals surface area contributed by atoms with Crippen molar-refractivity contribution in [3.05, 3.63) is 57.6 Å². The molecule has 4 heteroatoms. The van der Waals surface area contributed by atoms with E-state index in [1.54, 1.807) is 0 Å². The maximum Gasteiger partial charge on any atom is 0.224 e. The summed E-state index contributed by atoms with van der Waals surface area (Å²) in [5, 5.41) is 2.93. The van der Waals surface area contributed by atoms with Crippen LogP contribution in [-0.2, 0) is 17.8 Å². The quantitative estimate of drug-likeness (QED) is 0.748. The molecule has 2 rings (SSSR count). The molecule has 1 N–H and O–H groups in total. The van der Waals surface area contributed by atoms with Gasteiger partial charge in [0.05, 0.1) is 0 Å². The van der Waals surface area contributed by atoms with Crippen molar-refractivity contribution in [2.24, 2.45) is 0 Å². The van der Waals surface area contributed by atoms with E-state index in [0.717, 1.165) is 27.9 Å². The standard InChI is InChI=1S/C19H22BrNO2/c1-4-14-11-13(3)9-10-18(14)23-12-15-16(20)7-6-8-17(15)21-19(22)5-2/h6-11H,4-5,12H2,1-3H3,(H,21,22). The minimum absolute atomic E-state index is 0.00562. The Bertz CT molecular complexity index is 698. The summed E-state index contributed by atoms with van der Waals surface area (Å²) >= 11 is 3.55. The molecule has 122 valence electrons. The van der Waals surface area contributed by atoms with Gasteiger partial charge in [-0.25, -0.2) is 0 Å². The van der Waals surface area contributed by atoms with Gasteiger partial charge in [0.2, 0.25) is 5.91 Å². The lowest BCUT2D eigenvalue weighted by atomic mass is 10.1. The van der Waals surface area contributed by atoms with Gasteiger partial charge in [-0.2, -0.15) is 0 Å². The molecule has 0 aliphatic carbocycles. The predicted molar refractivity (Wildman–Crippen MR) is 98.0 cm³/mol. The molecular weight excluding hydrogens is 354 g/mol. The number of nitrogens with one attached hydrogen (secondary N) is 1. The van der Waals surface area contributed by atoms with Crippen LogP contribution in [0.3, 0.4) is 0 Å². The highest BCUT2D eigenvalue weighted by molar-refractivity contribution is 9.10. The van der Waals surface area contributed by atoms with E-state index in [9.17, 15) is 4.79 Å². The first-order valence-corrected chi connectivity index (χ1v) is 8.64. The molecule has 2 aromatic rings. The molecule has 0 aliphatic heterocycles. The zero-order chi connectivity index (χ0) is 16.8. The number of rotatable bonds is 6. The van der Waals surface area contributed by atoms with E-state index in [0.29, 0.717) is 13.0 Å². The molecule has 0 bridgehead atoms. The van der Waals surface area contributed by atoms with E-state index in [1.165, 1.54) is 11.1 Å². The molecule has 0 aromatic heterocycles. The maximum atomic E-state index is 11.7. The lowest BCUT2D eigenvalue weighted by molar-refractivity contribution is -0.115.